The van der Waals surface area contributed by atoms with Crippen LogP contribution in [-0.4, -0.2) is 28.1 Å². The van der Waals surface area contributed by atoms with Gasteiger partial charge in [0.15, 0.2) is 0 Å². The number of nitrogens with zero attached hydrogens (tertiary/aromatic N) is 4. The number of ether oxygens (including phenoxy) is 1. The highest BCUT2D eigenvalue weighted by molar-refractivity contribution is 6.28. The molecule has 0 aliphatic carbocycles. The monoisotopic (exact) mass is 292 g/mol. The quantitative estimate of drug-likeness (QED) is 0.864. The van der Waals surface area contributed by atoms with Crippen molar-refractivity contribution in [3.8, 4) is 6.01 Å². The Balaban J connectivity index is 2.31. The van der Waals surface area contributed by atoms with E-state index in [1.165, 1.54) is 5.56 Å². The standard InChI is InChI=1S/C14H17ClN4O/c1-9(2)20-14-17-12(15)16-13(18-14)19(4)11-7-5-10(3)6-8-11/h5-9H,1-4H3. The van der Waals surface area contributed by atoms with Crippen LogP contribution in [0.3, 0.4) is 0 Å². The van der Waals surface area contributed by atoms with Crippen molar-refractivity contribution in [3.05, 3.63) is 35.1 Å². The third kappa shape index (κ3) is 3.57. The van der Waals surface area contributed by atoms with E-state index >= 15 is 0 Å². The Bertz CT molecular complexity index is 586. The maximum absolute atomic E-state index is 5.92. The summed E-state index contributed by atoms with van der Waals surface area (Å²) in [5, 5.41) is 0.115. The molecule has 0 N–H and O–H groups in total. The van der Waals surface area contributed by atoms with Crippen molar-refractivity contribution < 1.29 is 4.74 Å². The van der Waals surface area contributed by atoms with Gasteiger partial charge >= 0.3 is 6.01 Å². The lowest BCUT2D eigenvalue weighted by molar-refractivity contribution is 0.221. The first-order valence-electron chi connectivity index (χ1n) is 6.34. The van der Waals surface area contributed by atoms with Crippen LogP contribution in [0.25, 0.3) is 0 Å². The van der Waals surface area contributed by atoms with Crippen LogP contribution in [0.1, 0.15) is 19.4 Å². The number of halogens is 1. The summed E-state index contributed by atoms with van der Waals surface area (Å²) in [5.41, 5.74) is 2.16. The van der Waals surface area contributed by atoms with Crippen molar-refractivity contribution in [3.63, 3.8) is 0 Å². The molecule has 0 aliphatic rings. The highest BCUT2D eigenvalue weighted by atomic mass is 35.5. The fraction of sp³-hybridized carbons (Fsp3) is 0.357. The molecule has 1 heterocycles. The summed E-state index contributed by atoms with van der Waals surface area (Å²) in [6, 6.07) is 8.28. The minimum atomic E-state index is -0.0222. The molecule has 0 bridgehead atoms. The maximum atomic E-state index is 5.92. The molecule has 0 atom stereocenters. The third-order valence-corrected chi connectivity index (χ3v) is 2.81. The molecule has 0 spiro atoms. The molecule has 2 aromatic rings. The van der Waals surface area contributed by atoms with Crippen LogP contribution in [0.5, 0.6) is 6.01 Å². The molecule has 0 fully saturated rings. The number of benzene rings is 1. The van der Waals surface area contributed by atoms with E-state index < -0.39 is 0 Å². The first-order chi connectivity index (χ1) is 9.45. The molecule has 6 heteroatoms. The van der Waals surface area contributed by atoms with Gasteiger partial charge in [-0.15, -0.1) is 0 Å². The first kappa shape index (κ1) is 14.5. The van der Waals surface area contributed by atoms with Crippen LogP contribution >= 0.6 is 11.6 Å². The first-order valence-corrected chi connectivity index (χ1v) is 6.72. The third-order valence-electron chi connectivity index (χ3n) is 2.64. The van der Waals surface area contributed by atoms with Gasteiger partial charge in [-0.2, -0.15) is 15.0 Å². The van der Waals surface area contributed by atoms with E-state index in [-0.39, 0.29) is 17.4 Å². The molecule has 1 aromatic heterocycles. The van der Waals surface area contributed by atoms with Crippen LogP contribution in [0.4, 0.5) is 11.6 Å². The zero-order valence-electron chi connectivity index (χ0n) is 12.0. The van der Waals surface area contributed by atoms with Crippen LogP contribution < -0.4 is 9.64 Å². The topological polar surface area (TPSA) is 51.1 Å². The van der Waals surface area contributed by atoms with Gasteiger partial charge in [0.05, 0.1) is 6.10 Å². The average molecular weight is 293 g/mol. The second kappa shape index (κ2) is 6.05. The molecule has 1 aromatic carbocycles. The molecule has 106 valence electrons. The molecule has 0 saturated carbocycles. The Morgan fingerprint density at radius 2 is 1.75 bits per heavy atom. The lowest BCUT2D eigenvalue weighted by atomic mass is 10.2. The molecular weight excluding hydrogens is 276 g/mol. The van der Waals surface area contributed by atoms with Crippen LogP contribution in [-0.2, 0) is 0 Å². The summed E-state index contributed by atoms with van der Waals surface area (Å²) >= 11 is 5.92. The molecule has 0 radical (unpaired) electrons. The SMILES string of the molecule is Cc1ccc(N(C)c2nc(Cl)nc(OC(C)C)n2)cc1. The van der Waals surface area contributed by atoms with Crippen molar-refractivity contribution in [2.45, 2.75) is 26.9 Å². The summed E-state index contributed by atoms with van der Waals surface area (Å²) < 4.78 is 5.47. The normalized spacial score (nSPS) is 10.7. The van der Waals surface area contributed by atoms with Gasteiger partial charge in [-0.3, -0.25) is 0 Å². The number of aryl methyl sites for hydroxylation is 1. The van der Waals surface area contributed by atoms with Gasteiger partial charge in [-0.25, -0.2) is 0 Å². The number of hydrogen-bond donors (Lipinski definition) is 0. The van der Waals surface area contributed by atoms with Gasteiger partial charge in [0, 0.05) is 12.7 Å². The minimum Gasteiger partial charge on any atom is -0.461 e. The molecule has 0 saturated heterocycles. The molecule has 2 rings (SSSR count). The van der Waals surface area contributed by atoms with Gasteiger partial charge < -0.3 is 9.64 Å². The summed E-state index contributed by atoms with van der Waals surface area (Å²) in [4.78, 5) is 14.2. The van der Waals surface area contributed by atoms with Crippen molar-refractivity contribution >= 4 is 23.2 Å². The molecule has 5 nitrogen and oxygen atoms in total. The molecule has 0 amide bonds. The Morgan fingerprint density at radius 3 is 2.35 bits per heavy atom. The number of hydrogen-bond acceptors (Lipinski definition) is 5. The second-order valence-electron chi connectivity index (χ2n) is 4.75. The van der Waals surface area contributed by atoms with E-state index in [9.17, 15) is 0 Å². The number of aromatic nitrogens is 3. The fourth-order valence-corrected chi connectivity index (χ4v) is 1.77. The van der Waals surface area contributed by atoms with Crippen molar-refractivity contribution in [2.24, 2.45) is 0 Å². The summed E-state index contributed by atoms with van der Waals surface area (Å²) in [7, 11) is 1.87. The molecule has 20 heavy (non-hydrogen) atoms. The predicted octanol–water partition coefficient (Wildman–Crippen LogP) is 3.39. The Kier molecular flexibility index (Phi) is 4.39. The number of rotatable bonds is 4. The van der Waals surface area contributed by atoms with E-state index in [2.05, 4.69) is 15.0 Å². The Hall–Kier alpha value is -1.88. The van der Waals surface area contributed by atoms with Crippen molar-refractivity contribution in [2.75, 3.05) is 11.9 Å². The van der Waals surface area contributed by atoms with Crippen molar-refractivity contribution in [1.29, 1.82) is 0 Å². The summed E-state index contributed by atoms with van der Waals surface area (Å²) in [5.74, 6) is 0.449. The zero-order valence-corrected chi connectivity index (χ0v) is 12.7. The molecule has 0 aliphatic heterocycles. The van der Waals surface area contributed by atoms with E-state index in [1.807, 2.05) is 57.0 Å². The van der Waals surface area contributed by atoms with E-state index in [0.717, 1.165) is 5.69 Å². The molecule has 0 unspecified atom stereocenters. The fourth-order valence-electron chi connectivity index (χ4n) is 1.62. The zero-order chi connectivity index (χ0) is 14.7. The highest BCUT2D eigenvalue weighted by Gasteiger charge is 2.12. The highest BCUT2D eigenvalue weighted by Crippen LogP contribution is 2.23. The van der Waals surface area contributed by atoms with Crippen LogP contribution in [0, 0.1) is 6.92 Å². The van der Waals surface area contributed by atoms with Crippen molar-refractivity contribution in [1.82, 2.24) is 15.0 Å². The van der Waals surface area contributed by atoms with Gasteiger partial charge in [0.2, 0.25) is 11.2 Å². The smallest absolute Gasteiger partial charge is 0.322 e. The number of anilines is 2. The van der Waals surface area contributed by atoms with E-state index in [4.69, 9.17) is 16.3 Å². The summed E-state index contributed by atoms with van der Waals surface area (Å²) in [6.07, 6.45) is -0.0222. The lowest BCUT2D eigenvalue weighted by Gasteiger charge is -2.18. The second-order valence-corrected chi connectivity index (χ2v) is 5.09. The minimum absolute atomic E-state index is 0.0222. The van der Waals surface area contributed by atoms with Crippen LogP contribution in [0.2, 0.25) is 5.28 Å². The lowest BCUT2D eigenvalue weighted by Crippen LogP contribution is -2.16. The van der Waals surface area contributed by atoms with Gasteiger partial charge in [-0.1, -0.05) is 17.7 Å². The van der Waals surface area contributed by atoms with Crippen LogP contribution in [0.15, 0.2) is 24.3 Å². The largest absolute Gasteiger partial charge is 0.461 e. The molecular formula is C14H17ClN4O. The average Bonchev–Trinajstić information content (AvgIpc) is 2.37. The Labute approximate surface area is 123 Å². The maximum Gasteiger partial charge on any atom is 0.322 e. The van der Waals surface area contributed by atoms with E-state index in [0.29, 0.717) is 5.95 Å². The Morgan fingerprint density at radius 1 is 1.10 bits per heavy atom. The van der Waals surface area contributed by atoms with E-state index in [1.54, 1.807) is 0 Å². The van der Waals surface area contributed by atoms with Gasteiger partial charge in [0.1, 0.15) is 0 Å². The predicted molar refractivity (Wildman–Crippen MR) is 79.8 cm³/mol. The van der Waals surface area contributed by atoms with Gasteiger partial charge in [-0.05, 0) is 44.5 Å². The van der Waals surface area contributed by atoms with Gasteiger partial charge in [0.25, 0.3) is 0 Å². The summed E-state index contributed by atoms with van der Waals surface area (Å²) in [6.45, 7) is 5.85.